The van der Waals surface area contributed by atoms with Crippen molar-refractivity contribution in [2.45, 2.75) is 55.6 Å². The summed E-state index contributed by atoms with van der Waals surface area (Å²) >= 11 is 1.46. The topological polar surface area (TPSA) is 88.1 Å². The largest absolute Gasteiger partial charge is 0.459 e. The first-order valence-electron chi connectivity index (χ1n) is 10.2. The Bertz CT molecular complexity index is 924. The number of urea groups is 1. The van der Waals surface area contributed by atoms with E-state index < -0.39 is 40.5 Å². The smallest absolute Gasteiger partial charge is 0.332 e. The minimum Gasteiger partial charge on any atom is -0.459 e. The molecule has 0 bridgehead atoms. The lowest BCUT2D eigenvalue weighted by atomic mass is 10.0. The number of hydrogen-bond donors (Lipinski definition) is 2. The molecule has 31 heavy (non-hydrogen) atoms. The summed E-state index contributed by atoms with van der Waals surface area (Å²) in [6.45, 7) is 4.24. The van der Waals surface area contributed by atoms with Gasteiger partial charge in [-0.1, -0.05) is 60.7 Å². The van der Waals surface area contributed by atoms with Gasteiger partial charge in [-0.15, -0.1) is 11.8 Å². The van der Waals surface area contributed by atoms with E-state index in [1.807, 2.05) is 74.5 Å². The first-order chi connectivity index (χ1) is 14.9. The molecule has 2 aromatic rings. The molecule has 4 rings (SSSR count). The van der Waals surface area contributed by atoms with E-state index in [2.05, 4.69) is 5.32 Å². The number of carbonyl (C=O) groups excluding carboxylic acids is 2. The second-order valence-corrected chi connectivity index (χ2v) is 9.94. The van der Waals surface area contributed by atoms with Gasteiger partial charge in [0.2, 0.25) is 0 Å². The summed E-state index contributed by atoms with van der Waals surface area (Å²) in [5, 5.41) is 13.0. The molecule has 1 unspecified atom stereocenters. The summed E-state index contributed by atoms with van der Waals surface area (Å²) in [6.07, 6.45) is -1.20. The predicted octanol–water partition coefficient (Wildman–Crippen LogP) is 2.88. The van der Waals surface area contributed by atoms with Crippen LogP contribution in [-0.2, 0) is 27.5 Å². The number of aliphatic hydroxyl groups excluding tert-OH is 1. The molecule has 2 fully saturated rings. The maximum Gasteiger partial charge on any atom is 0.332 e. The number of nitrogens with zero attached hydrogens (tertiary/aromatic N) is 1. The monoisotopic (exact) mass is 442 g/mol. The summed E-state index contributed by atoms with van der Waals surface area (Å²) in [5.74, 6) is -0.492. The highest BCUT2D eigenvalue weighted by molar-refractivity contribution is 8.01. The Kier molecular flexibility index (Phi) is 6.22. The van der Waals surface area contributed by atoms with E-state index >= 15 is 0 Å². The van der Waals surface area contributed by atoms with Crippen molar-refractivity contribution >= 4 is 23.8 Å². The van der Waals surface area contributed by atoms with Crippen LogP contribution in [0, 0.1) is 0 Å². The minimum atomic E-state index is -1.20. The van der Waals surface area contributed by atoms with Crippen molar-refractivity contribution in [3.05, 3.63) is 71.8 Å². The van der Waals surface area contributed by atoms with E-state index in [0.717, 1.165) is 11.1 Å². The molecule has 2 saturated heterocycles. The van der Waals surface area contributed by atoms with Crippen molar-refractivity contribution in [2.24, 2.45) is 0 Å². The van der Waals surface area contributed by atoms with Gasteiger partial charge in [-0.25, -0.2) is 9.59 Å². The molecule has 2 aliphatic rings. The highest BCUT2D eigenvalue weighted by Crippen LogP contribution is 2.49. The van der Waals surface area contributed by atoms with Gasteiger partial charge in [0.1, 0.15) is 12.0 Å². The molecule has 8 heteroatoms. The number of thioether (sulfide) groups is 1. The van der Waals surface area contributed by atoms with Crippen molar-refractivity contribution in [2.75, 3.05) is 0 Å². The van der Waals surface area contributed by atoms with Gasteiger partial charge in [0.15, 0.2) is 12.3 Å². The normalized spacial score (nSPS) is 25.1. The van der Waals surface area contributed by atoms with Crippen molar-refractivity contribution in [1.82, 2.24) is 10.2 Å². The maximum atomic E-state index is 12.7. The Labute approximate surface area is 185 Å². The van der Waals surface area contributed by atoms with Gasteiger partial charge < -0.3 is 24.8 Å². The molecular weight excluding hydrogens is 416 g/mol. The second-order valence-electron chi connectivity index (χ2n) is 8.17. The number of rotatable bonds is 7. The first kappa shape index (κ1) is 21.7. The molecule has 0 spiro atoms. The van der Waals surface area contributed by atoms with E-state index in [-0.39, 0.29) is 13.2 Å². The number of esters is 1. The Balaban J connectivity index is 1.43. The summed E-state index contributed by atoms with van der Waals surface area (Å²) in [4.78, 5) is 27.0. The number of hydrogen-bond acceptors (Lipinski definition) is 6. The van der Waals surface area contributed by atoms with E-state index in [4.69, 9.17) is 9.47 Å². The maximum absolute atomic E-state index is 12.7. The number of ether oxygens (including phenoxy) is 2. The van der Waals surface area contributed by atoms with Crippen LogP contribution in [0.25, 0.3) is 0 Å². The predicted molar refractivity (Wildman–Crippen MR) is 117 cm³/mol. The van der Waals surface area contributed by atoms with Crippen LogP contribution in [0.2, 0.25) is 0 Å². The zero-order valence-electron chi connectivity index (χ0n) is 17.4. The highest BCUT2D eigenvalue weighted by atomic mass is 32.2. The van der Waals surface area contributed by atoms with Gasteiger partial charge in [0.25, 0.3) is 0 Å². The van der Waals surface area contributed by atoms with E-state index in [9.17, 15) is 14.7 Å². The van der Waals surface area contributed by atoms with Crippen molar-refractivity contribution in [1.29, 1.82) is 0 Å². The lowest BCUT2D eigenvalue weighted by Crippen LogP contribution is -2.52. The molecule has 0 radical (unpaired) electrons. The van der Waals surface area contributed by atoms with Crippen LogP contribution in [0.4, 0.5) is 4.79 Å². The Morgan fingerprint density at radius 1 is 1.10 bits per heavy atom. The minimum absolute atomic E-state index is 0.138. The van der Waals surface area contributed by atoms with Gasteiger partial charge in [-0.05, 0) is 25.0 Å². The van der Waals surface area contributed by atoms with Crippen LogP contribution in [0.15, 0.2) is 60.7 Å². The van der Waals surface area contributed by atoms with Gasteiger partial charge in [0.05, 0.1) is 12.6 Å². The third-order valence-corrected chi connectivity index (χ3v) is 7.11. The van der Waals surface area contributed by atoms with Crippen molar-refractivity contribution in [3.63, 3.8) is 0 Å². The van der Waals surface area contributed by atoms with Crippen LogP contribution in [-0.4, -0.2) is 50.5 Å². The zero-order chi connectivity index (χ0) is 22.0. The molecule has 7 nitrogen and oxygen atoms in total. The average molecular weight is 443 g/mol. The Hall–Kier alpha value is -2.55. The molecule has 2 amide bonds. The fraction of sp³-hybridized carbons (Fsp3) is 0.391. The SMILES string of the molecule is CC1(C)S[C@@H]2[C@@H](C(=O)OCc3ccccc3)NC(=O)N2[C@H]1C(O)OCc1ccccc1. The Morgan fingerprint density at radius 2 is 1.68 bits per heavy atom. The quantitative estimate of drug-likeness (QED) is 0.506. The molecule has 0 saturated carbocycles. The van der Waals surface area contributed by atoms with Gasteiger partial charge in [-0.2, -0.15) is 0 Å². The number of aliphatic hydroxyl groups is 1. The molecule has 164 valence electrons. The molecule has 2 heterocycles. The third-order valence-electron chi connectivity index (χ3n) is 5.52. The third kappa shape index (κ3) is 4.56. The standard InChI is InChI=1S/C23H26N2O5S/c1-23(2)18(21(27)30-14-16-11-7-4-8-12-16)25-19(31-23)17(24-22(25)28)20(26)29-13-15-9-5-3-6-10-15/h3-12,17-19,21,27H,13-14H2,1-2H3,(H,24,28)/t17-,18-,19+,21?/m0/s1. The van der Waals surface area contributed by atoms with Gasteiger partial charge in [-0.3, -0.25) is 0 Å². The van der Waals surface area contributed by atoms with Crippen LogP contribution in [0.1, 0.15) is 25.0 Å². The number of fused-ring (bicyclic) bond motifs is 1. The van der Waals surface area contributed by atoms with E-state index in [1.165, 1.54) is 16.7 Å². The second kappa shape index (κ2) is 8.90. The lowest BCUT2D eigenvalue weighted by molar-refractivity contribution is -0.151. The van der Waals surface area contributed by atoms with Crippen LogP contribution < -0.4 is 5.32 Å². The summed E-state index contributed by atoms with van der Waals surface area (Å²) in [6, 6.07) is 17.1. The number of carbonyl (C=O) groups is 2. The fourth-order valence-corrected chi connectivity index (χ4v) is 5.65. The highest BCUT2D eigenvalue weighted by Gasteiger charge is 2.60. The van der Waals surface area contributed by atoms with Gasteiger partial charge in [0, 0.05) is 4.75 Å². The average Bonchev–Trinajstić information content (AvgIpc) is 3.23. The van der Waals surface area contributed by atoms with E-state index in [0.29, 0.717) is 0 Å². The summed E-state index contributed by atoms with van der Waals surface area (Å²) in [7, 11) is 0. The number of benzene rings is 2. The Morgan fingerprint density at radius 3 is 2.29 bits per heavy atom. The van der Waals surface area contributed by atoms with Crippen molar-refractivity contribution in [3.8, 4) is 0 Å². The molecule has 4 atom stereocenters. The number of nitrogens with one attached hydrogen (secondary N) is 1. The molecule has 0 aromatic heterocycles. The van der Waals surface area contributed by atoms with E-state index in [1.54, 1.807) is 0 Å². The van der Waals surface area contributed by atoms with Crippen LogP contribution in [0.5, 0.6) is 0 Å². The van der Waals surface area contributed by atoms with Crippen molar-refractivity contribution < 1.29 is 24.2 Å². The van der Waals surface area contributed by atoms with Crippen LogP contribution >= 0.6 is 11.8 Å². The van der Waals surface area contributed by atoms with Gasteiger partial charge >= 0.3 is 12.0 Å². The zero-order valence-corrected chi connectivity index (χ0v) is 18.2. The first-order valence-corrected chi connectivity index (χ1v) is 11.1. The molecule has 2 aromatic carbocycles. The molecule has 0 aliphatic carbocycles. The number of amides is 2. The molecule has 2 aliphatic heterocycles. The summed E-state index contributed by atoms with van der Waals surface area (Å²) < 4.78 is 10.6. The molecular formula is C23H26N2O5S. The van der Waals surface area contributed by atoms with Crippen LogP contribution in [0.3, 0.4) is 0 Å². The fourth-order valence-electron chi connectivity index (χ4n) is 4.00. The summed E-state index contributed by atoms with van der Waals surface area (Å²) in [5.41, 5.74) is 1.80. The molecule has 2 N–H and O–H groups in total. The lowest BCUT2D eigenvalue weighted by Gasteiger charge is -2.33.